The van der Waals surface area contributed by atoms with Gasteiger partial charge < -0.3 is 4.74 Å². The molecule has 0 saturated carbocycles. The third-order valence-corrected chi connectivity index (χ3v) is 3.34. The number of benzene rings is 1. The molecule has 0 saturated heterocycles. The summed E-state index contributed by atoms with van der Waals surface area (Å²) in [5.41, 5.74) is 1.76. The molecule has 0 aromatic heterocycles. The maximum absolute atomic E-state index is 11.4. The highest BCUT2D eigenvalue weighted by Crippen LogP contribution is 2.34. The van der Waals surface area contributed by atoms with Crippen LogP contribution in [0.15, 0.2) is 18.2 Å². The molecule has 0 amide bonds. The molecule has 0 N–H and O–H groups in total. The van der Waals surface area contributed by atoms with E-state index in [1.54, 1.807) is 0 Å². The second-order valence-corrected chi connectivity index (χ2v) is 4.37. The number of hydrogen-bond donors (Lipinski definition) is 0. The van der Waals surface area contributed by atoms with Gasteiger partial charge in [-0.25, -0.2) is 0 Å². The van der Waals surface area contributed by atoms with E-state index in [0.29, 0.717) is 17.7 Å². The Bertz CT molecular complexity index is 379. The molecule has 2 nitrogen and oxygen atoms in total. The monoisotopic (exact) mass is 304 g/mol. The Morgan fingerprint density at radius 1 is 1.56 bits per heavy atom. The van der Waals surface area contributed by atoms with Gasteiger partial charge in [-0.1, -0.05) is 28.1 Å². The quantitative estimate of drug-likeness (QED) is 0.772. The minimum Gasteiger partial charge on any atom is -0.494 e. The molecule has 0 aliphatic rings. The summed E-state index contributed by atoms with van der Waals surface area (Å²) in [4.78, 5) is 11.4. The van der Waals surface area contributed by atoms with Crippen molar-refractivity contribution in [3.63, 3.8) is 0 Å². The van der Waals surface area contributed by atoms with Crippen LogP contribution in [0, 0.1) is 0 Å². The van der Waals surface area contributed by atoms with Crippen molar-refractivity contribution in [2.75, 3.05) is 6.61 Å². The molecule has 4 heteroatoms. The molecule has 0 fully saturated rings. The van der Waals surface area contributed by atoms with Crippen molar-refractivity contribution in [3.05, 3.63) is 29.3 Å². The van der Waals surface area contributed by atoms with Crippen molar-refractivity contribution in [3.8, 4) is 5.75 Å². The van der Waals surface area contributed by atoms with Gasteiger partial charge in [0.25, 0.3) is 0 Å². The second-order valence-electron chi connectivity index (χ2n) is 3.37. The normalized spacial score (nSPS) is 12.2. The fourth-order valence-electron chi connectivity index (χ4n) is 1.48. The molecule has 1 unspecified atom stereocenters. The fourth-order valence-corrected chi connectivity index (χ4v) is 2.21. The summed E-state index contributed by atoms with van der Waals surface area (Å²) in [6, 6.07) is 5.67. The fraction of sp³-hybridized carbons (Fsp3) is 0.417. The zero-order chi connectivity index (χ0) is 12.1. The maximum atomic E-state index is 11.4. The number of carbonyl (C=O) groups is 1. The first-order chi connectivity index (χ1) is 7.61. The van der Waals surface area contributed by atoms with Gasteiger partial charge in [0, 0.05) is 10.9 Å². The Kier molecular flexibility index (Phi) is 5.29. The van der Waals surface area contributed by atoms with Crippen molar-refractivity contribution in [2.24, 2.45) is 0 Å². The van der Waals surface area contributed by atoms with Crippen molar-refractivity contribution in [1.82, 2.24) is 0 Å². The standard InChI is InChI=1S/C12H14BrClO2/c1-3-16-10-6-4-5-9(7-13)11(10)12(14)8(2)15/h4-6,12H,3,7H2,1-2H3. The van der Waals surface area contributed by atoms with Crippen molar-refractivity contribution in [2.45, 2.75) is 24.6 Å². The van der Waals surface area contributed by atoms with Crippen LogP contribution in [0.25, 0.3) is 0 Å². The lowest BCUT2D eigenvalue weighted by molar-refractivity contribution is -0.116. The van der Waals surface area contributed by atoms with E-state index < -0.39 is 5.38 Å². The van der Waals surface area contributed by atoms with Crippen LogP contribution < -0.4 is 4.74 Å². The van der Waals surface area contributed by atoms with Gasteiger partial charge in [0.05, 0.1) is 6.61 Å². The van der Waals surface area contributed by atoms with E-state index in [-0.39, 0.29) is 5.78 Å². The van der Waals surface area contributed by atoms with Crippen molar-refractivity contribution < 1.29 is 9.53 Å². The molecule has 1 aromatic carbocycles. The first-order valence-electron chi connectivity index (χ1n) is 5.06. The first kappa shape index (κ1) is 13.5. The average molecular weight is 306 g/mol. The van der Waals surface area contributed by atoms with E-state index in [9.17, 15) is 4.79 Å². The number of Topliss-reactive ketones (excluding diaryl/α,β-unsaturated/α-hetero) is 1. The zero-order valence-corrected chi connectivity index (χ0v) is 11.6. The van der Waals surface area contributed by atoms with Gasteiger partial charge >= 0.3 is 0 Å². The van der Waals surface area contributed by atoms with Gasteiger partial charge in [-0.15, -0.1) is 11.6 Å². The largest absolute Gasteiger partial charge is 0.494 e. The van der Waals surface area contributed by atoms with Crippen LogP contribution >= 0.6 is 27.5 Å². The minimum atomic E-state index is -0.643. The van der Waals surface area contributed by atoms with E-state index in [1.165, 1.54) is 6.92 Å². The summed E-state index contributed by atoms with van der Waals surface area (Å²) < 4.78 is 5.49. The predicted octanol–water partition coefficient (Wildman–Crippen LogP) is 3.85. The second kappa shape index (κ2) is 6.26. The smallest absolute Gasteiger partial charge is 0.152 e. The third-order valence-electron chi connectivity index (χ3n) is 2.21. The van der Waals surface area contributed by atoms with E-state index >= 15 is 0 Å². The summed E-state index contributed by atoms with van der Waals surface area (Å²) in [6.07, 6.45) is 0. The van der Waals surface area contributed by atoms with Crippen molar-refractivity contribution in [1.29, 1.82) is 0 Å². The lowest BCUT2D eigenvalue weighted by atomic mass is 10.0. The van der Waals surface area contributed by atoms with Crippen LogP contribution in [-0.4, -0.2) is 12.4 Å². The van der Waals surface area contributed by atoms with Crippen LogP contribution in [0.3, 0.4) is 0 Å². The van der Waals surface area contributed by atoms with E-state index in [1.807, 2.05) is 25.1 Å². The van der Waals surface area contributed by atoms with Gasteiger partial charge in [-0.3, -0.25) is 4.79 Å². The molecule has 0 aliphatic carbocycles. The molecule has 1 aromatic rings. The number of carbonyl (C=O) groups excluding carboxylic acids is 1. The van der Waals surface area contributed by atoms with Crippen LogP contribution in [0.1, 0.15) is 30.4 Å². The molecule has 1 atom stereocenters. The Hall–Kier alpha value is -0.540. The van der Waals surface area contributed by atoms with E-state index in [0.717, 1.165) is 11.1 Å². The van der Waals surface area contributed by atoms with Crippen LogP contribution in [0.5, 0.6) is 5.75 Å². The molecule has 88 valence electrons. The number of ether oxygens (including phenoxy) is 1. The van der Waals surface area contributed by atoms with Gasteiger partial charge in [0.15, 0.2) is 5.78 Å². The van der Waals surface area contributed by atoms with Gasteiger partial charge in [0.1, 0.15) is 11.1 Å². The first-order valence-corrected chi connectivity index (χ1v) is 6.62. The zero-order valence-electron chi connectivity index (χ0n) is 9.30. The summed E-state index contributed by atoms with van der Waals surface area (Å²) in [5, 5.41) is 0.00929. The summed E-state index contributed by atoms with van der Waals surface area (Å²) in [6.45, 7) is 3.94. The molecule has 1 rings (SSSR count). The van der Waals surface area contributed by atoms with Gasteiger partial charge in [-0.05, 0) is 25.5 Å². The molecular formula is C12H14BrClO2. The van der Waals surface area contributed by atoms with Gasteiger partial charge in [0.2, 0.25) is 0 Å². The Labute approximate surface area is 109 Å². The number of alkyl halides is 2. The lowest BCUT2D eigenvalue weighted by Crippen LogP contribution is -2.08. The highest BCUT2D eigenvalue weighted by Gasteiger charge is 2.21. The lowest BCUT2D eigenvalue weighted by Gasteiger charge is -2.16. The highest BCUT2D eigenvalue weighted by atomic mass is 79.9. The Morgan fingerprint density at radius 2 is 2.25 bits per heavy atom. The number of halogens is 2. The van der Waals surface area contributed by atoms with Crippen LogP contribution in [0.2, 0.25) is 0 Å². The molecular weight excluding hydrogens is 291 g/mol. The van der Waals surface area contributed by atoms with E-state index in [4.69, 9.17) is 16.3 Å². The Balaban J connectivity index is 3.23. The number of hydrogen-bond acceptors (Lipinski definition) is 2. The predicted molar refractivity (Wildman–Crippen MR) is 69.5 cm³/mol. The van der Waals surface area contributed by atoms with Gasteiger partial charge in [-0.2, -0.15) is 0 Å². The Morgan fingerprint density at radius 3 is 2.75 bits per heavy atom. The molecule has 0 radical (unpaired) electrons. The van der Waals surface area contributed by atoms with Crippen LogP contribution in [-0.2, 0) is 10.1 Å². The SMILES string of the molecule is CCOc1cccc(CBr)c1C(Cl)C(C)=O. The highest BCUT2D eigenvalue weighted by molar-refractivity contribution is 9.08. The van der Waals surface area contributed by atoms with E-state index in [2.05, 4.69) is 15.9 Å². The third kappa shape index (κ3) is 2.98. The number of ketones is 1. The minimum absolute atomic E-state index is 0.0731. The maximum Gasteiger partial charge on any atom is 0.152 e. The van der Waals surface area contributed by atoms with Crippen LogP contribution in [0.4, 0.5) is 0 Å². The summed E-state index contributed by atoms with van der Waals surface area (Å²) in [5.74, 6) is 0.616. The molecule has 0 aliphatic heterocycles. The summed E-state index contributed by atoms with van der Waals surface area (Å²) in [7, 11) is 0. The molecule has 16 heavy (non-hydrogen) atoms. The van der Waals surface area contributed by atoms with Crippen molar-refractivity contribution >= 4 is 33.3 Å². The molecule has 0 bridgehead atoms. The topological polar surface area (TPSA) is 26.3 Å². The summed E-state index contributed by atoms with van der Waals surface area (Å²) >= 11 is 9.50. The number of rotatable bonds is 5. The average Bonchev–Trinajstić information content (AvgIpc) is 2.28. The molecule has 0 heterocycles. The molecule has 0 spiro atoms.